The standard InChI is InChI=1S/C16H17BrN2O/c1-11-8-16(18-10-14(11)17)19(2)13-5-6-15-12(9-13)4-3-7-20-15/h5-6,8-10H,3-4,7H2,1-2H3. The lowest BCUT2D eigenvalue weighted by Crippen LogP contribution is -2.13. The van der Waals surface area contributed by atoms with Crippen molar-refractivity contribution in [3.05, 3.63) is 46.1 Å². The first-order valence-corrected chi connectivity index (χ1v) is 7.56. The molecule has 1 aliphatic rings. The number of nitrogens with zero attached hydrogens (tertiary/aromatic N) is 2. The smallest absolute Gasteiger partial charge is 0.132 e. The Morgan fingerprint density at radius 3 is 2.95 bits per heavy atom. The highest BCUT2D eigenvalue weighted by Crippen LogP contribution is 2.31. The van der Waals surface area contributed by atoms with Crippen molar-refractivity contribution in [1.29, 1.82) is 0 Å². The van der Waals surface area contributed by atoms with Crippen LogP contribution < -0.4 is 9.64 Å². The highest BCUT2D eigenvalue weighted by atomic mass is 79.9. The molecule has 3 rings (SSSR count). The fraction of sp³-hybridized carbons (Fsp3) is 0.312. The van der Waals surface area contributed by atoms with E-state index in [2.05, 4.69) is 57.0 Å². The molecule has 0 amide bonds. The number of aromatic nitrogens is 1. The van der Waals surface area contributed by atoms with Crippen molar-refractivity contribution in [2.24, 2.45) is 0 Å². The molecule has 1 aromatic heterocycles. The van der Waals surface area contributed by atoms with Crippen LogP contribution in [0, 0.1) is 6.92 Å². The van der Waals surface area contributed by atoms with Crippen LogP contribution in [0.1, 0.15) is 17.5 Å². The van der Waals surface area contributed by atoms with E-state index in [9.17, 15) is 0 Å². The molecule has 0 bridgehead atoms. The molecule has 0 aliphatic carbocycles. The molecule has 0 fully saturated rings. The van der Waals surface area contributed by atoms with E-state index in [4.69, 9.17) is 4.74 Å². The number of rotatable bonds is 2. The normalized spacial score (nSPS) is 13.6. The molecule has 0 saturated carbocycles. The van der Waals surface area contributed by atoms with Crippen molar-refractivity contribution in [3.8, 4) is 5.75 Å². The predicted molar refractivity (Wildman–Crippen MR) is 85.0 cm³/mol. The van der Waals surface area contributed by atoms with Crippen LogP contribution >= 0.6 is 15.9 Å². The molecular weight excluding hydrogens is 316 g/mol. The Labute approximate surface area is 127 Å². The molecule has 0 unspecified atom stereocenters. The highest BCUT2D eigenvalue weighted by Gasteiger charge is 2.13. The van der Waals surface area contributed by atoms with E-state index < -0.39 is 0 Å². The first-order chi connectivity index (χ1) is 9.65. The maximum absolute atomic E-state index is 5.66. The van der Waals surface area contributed by atoms with Gasteiger partial charge in [0.25, 0.3) is 0 Å². The van der Waals surface area contributed by atoms with Gasteiger partial charge in [-0.2, -0.15) is 0 Å². The van der Waals surface area contributed by atoms with Gasteiger partial charge in [0.1, 0.15) is 11.6 Å². The highest BCUT2D eigenvalue weighted by molar-refractivity contribution is 9.10. The summed E-state index contributed by atoms with van der Waals surface area (Å²) in [4.78, 5) is 6.58. The third kappa shape index (κ3) is 2.52. The molecule has 2 heterocycles. The van der Waals surface area contributed by atoms with Gasteiger partial charge in [0.05, 0.1) is 6.61 Å². The van der Waals surface area contributed by atoms with Crippen molar-refractivity contribution < 1.29 is 4.74 Å². The lowest BCUT2D eigenvalue weighted by molar-refractivity contribution is 0.288. The molecule has 2 aromatic rings. The molecule has 0 N–H and O–H groups in total. The van der Waals surface area contributed by atoms with Crippen LogP contribution in [-0.2, 0) is 6.42 Å². The van der Waals surface area contributed by atoms with Gasteiger partial charge >= 0.3 is 0 Å². The monoisotopic (exact) mass is 332 g/mol. The summed E-state index contributed by atoms with van der Waals surface area (Å²) in [7, 11) is 2.04. The topological polar surface area (TPSA) is 25.4 Å². The van der Waals surface area contributed by atoms with E-state index in [1.165, 1.54) is 11.1 Å². The zero-order chi connectivity index (χ0) is 14.1. The first-order valence-electron chi connectivity index (χ1n) is 6.77. The van der Waals surface area contributed by atoms with Crippen molar-refractivity contribution in [2.75, 3.05) is 18.6 Å². The third-order valence-electron chi connectivity index (χ3n) is 3.66. The van der Waals surface area contributed by atoms with Gasteiger partial charge in [-0.15, -0.1) is 0 Å². The number of hydrogen-bond acceptors (Lipinski definition) is 3. The minimum atomic E-state index is 0.829. The van der Waals surface area contributed by atoms with Crippen LogP contribution in [0.25, 0.3) is 0 Å². The average Bonchev–Trinajstić information content (AvgIpc) is 2.49. The van der Waals surface area contributed by atoms with Crippen LogP contribution in [0.4, 0.5) is 11.5 Å². The van der Waals surface area contributed by atoms with Crippen LogP contribution in [-0.4, -0.2) is 18.6 Å². The number of ether oxygens (including phenoxy) is 1. The minimum Gasteiger partial charge on any atom is -0.493 e. The Hall–Kier alpha value is -1.55. The van der Waals surface area contributed by atoms with Crippen LogP contribution in [0.5, 0.6) is 5.75 Å². The van der Waals surface area contributed by atoms with Gasteiger partial charge in [-0.05, 0) is 71.1 Å². The SMILES string of the molecule is Cc1cc(N(C)c2ccc3c(c2)CCCO3)ncc1Br. The van der Waals surface area contributed by atoms with Gasteiger partial charge in [-0.25, -0.2) is 4.98 Å². The Bertz CT molecular complexity index is 642. The molecule has 3 nitrogen and oxygen atoms in total. The molecule has 1 aliphatic heterocycles. The second-order valence-corrected chi connectivity index (χ2v) is 5.95. The maximum atomic E-state index is 5.66. The summed E-state index contributed by atoms with van der Waals surface area (Å²) in [6.45, 7) is 2.90. The number of benzene rings is 1. The van der Waals surface area contributed by atoms with Crippen molar-refractivity contribution in [1.82, 2.24) is 4.98 Å². The zero-order valence-electron chi connectivity index (χ0n) is 11.7. The van der Waals surface area contributed by atoms with E-state index in [1.54, 1.807) is 0 Å². The molecular formula is C16H17BrN2O. The summed E-state index contributed by atoms with van der Waals surface area (Å²) in [6, 6.07) is 8.43. The van der Waals surface area contributed by atoms with Gasteiger partial charge < -0.3 is 9.64 Å². The van der Waals surface area contributed by atoms with Gasteiger partial charge in [0.2, 0.25) is 0 Å². The van der Waals surface area contributed by atoms with Crippen LogP contribution in [0.3, 0.4) is 0 Å². The number of fused-ring (bicyclic) bond motifs is 1. The summed E-state index contributed by atoms with van der Waals surface area (Å²) in [6.07, 6.45) is 4.03. The van der Waals surface area contributed by atoms with Crippen LogP contribution in [0.2, 0.25) is 0 Å². The maximum Gasteiger partial charge on any atom is 0.132 e. The van der Waals surface area contributed by atoms with Crippen molar-refractivity contribution in [3.63, 3.8) is 0 Å². The Morgan fingerprint density at radius 1 is 1.30 bits per heavy atom. The summed E-state index contributed by atoms with van der Waals surface area (Å²) < 4.78 is 6.69. The molecule has 0 spiro atoms. The molecule has 0 atom stereocenters. The molecule has 1 aromatic carbocycles. The molecule has 4 heteroatoms. The molecule has 0 radical (unpaired) electrons. The molecule has 0 saturated heterocycles. The summed E-state index contributed by atoms with van der Waals surface area (Å²) in [5, 5.41) is 0. The largest absolute Gasteiger partial charge is 0.493 e. The quantitative estimate of drug-likeness (QED) is 0.822. The molecule has 104 valence electrons. The van der Waals surface area contributed by atoms with E-state index >= 15 is 0 Å². The second-order valence-electron chi connectivity index (χ2n) is 5.09. The fourth-order valence-corrected chi connectivity index (χ4v) is 2.61. The van der Waals surface area contributed by atoms with E-state index in [1.807, 2.05) is 13.2 Å². The number of halogens is 1. The second kappa shape index (κ2) is 5.44. The third-order valence-corrected chi connectivity index (χ3v) is 4.49. The fourth-order valence-electron chi connectivity index (χ4n) is 2.40. The van der Waals surface area contributed by atoms with Gasteiger partial charge in [0, 0.05) is 23.4 Å². The Balaban J connectivity index is 1.93. The molecule has 20 heavy (non-hydrogen) atoms. The van der Waals surface area contributed by atoms with E-state index in [0.717, 1.165) is 41.2 Å². The summed E-state index contributed by atoms with van der Waals surface area (Å²) >= 11 is 3.49. The van der Waals surface area contributed by atoms with Gasteiger partial charge in [0.15, 0.2) is 0 Å². The Kier molecular flexibility index (Phi) is 3.66. The van der Waals surface area contributed by atoms with E-state index in [-0.39, 0.29) is 0 Å². The zero-order valence-corrected chi connectivity index (χ0v) is 13.3. The summed E-state index contributed by atoms with van der Waals surface area (Å²) in [5.74, 6) is 1.97. The average molecular weight is 333 g/mol. The van der Waals surface area contributed by atoms with Crippen molar-refractivity contribution in [2.45, 2.75) is 19.8 Å². The Morgan fingerprint density at radius 2 is 2.15 bits per heavy atom. The van der Waals surface area contributed by atoms with Gasteiger partial charge in [-0.3, -0.25) is 0 Å². The minimum absolute atomic E-state index is 0.829. The predicted octanol–water partition coefficient (Wildman–Crippen LogP) is 4.25. The lowest BCUT2D eigenvalue weighted by atomic mass is 10.1. The number of anilines is 2. The van der Waals surface area contributed by atoms with Gasteiger partial charge in [-0.1, -0.05) is 0 Å². The number of hydrogen-bond donors (Lipinski definition) is 0. The summed E-state index contributed by atoms with van der Waals surface area (Å²) in [5.41, 5.74) is 3.61. The number of pyridine rings is 1. The lowest BCUT2D eigenvalue weighted by Gasteiger charge is -2.23. The van der Waals surface area contributed by atoms with E-state index in [0.29, 0.717) is 0 Å². The first kappa shape index (κ1) is 13.4. The number of aryl methyl sites for hydroxylation is 2. The van der Waals surface area contributed by atoms with Crippen molar-refractivity contribution >= 4 is 27.4 Å². The van der Waals surface area contributed by atoms with Crippen LogP contribution in [0.15, 0.2) is 34.9 Å².